The lowest BCUT2D eigenvalue weighted by molar-refractivity contribution is 0.102. The van der Waals surface area contributed by atoms with Crippen LogP contribution in [-0.2, 0) is 0 Å². The molecule has 0 bridgehead atoms. The Balaban J connectivity index is 2.22. The number of amides is 1. The molecule has 1 aromatic carbocycles. The highest BCUT2D eigenvalue weighted by Crippen LogP contribution is 2.23. The Kier molecular flexibility index (Phi) is 3.49. The van der Waals surface area contributed by atoms with E-state index in [-0.39, 0.29) is 5.91 Å². The Morgan fingerprint density at radius 2 is 2.18 bits per heavy atom. The fraction of sp³-hybridized carbons (Fsp3) is 0. The van der Waals surface area contributed by atoms with E-state index in [9.17, 15) is 9.18 Å². The monoisotopic (exact) mass is 294 g/mol. The molecule has 0 saturated carbocycles. The minimum Gasteiger partial charge on any atom is -0.321 e. The minimum absolute atomic E-state index is 0.329. The molecule has 0 aliphatic heterocycles. The molecule has 0 saturated heterocycles. The van der Waals surface area contributed by atoms with Gasteiger partial charge in [-0.25, -0.2) is 4.39 Å². The number of hydrogen-bond acceptors (Lipinski definition) is 2. The van der Waals surface area contributed by atoms with Crippen LogP contribution in [0, 0.1) is 5.82 Å². The zero-order chi connectivity index (χ0) is 12.3. The van der Waals surface area contributed by atoms with E-state index < -0.39 is 5.82 Å². The first-order chi connectivity index (χ1) is 8.16. The van der Waals surface area contributed by atoms with Crippen molar-refractivity contribution >= 4 is 27.5 Å². The third-order valence-corrected chi connectivity index (χ3v) is 2.79. The molecule has 1 N–H and O–H groups in total. The predicted octanol–water partition coefficient (Wildman–Crippen LogP) is 3.24. The molecule has 17 heavy (non-hydrogen) atoms. The Labute approximate surface area is 106 Å². The molecule has 0 spiro atoms. The summed E-state index contributed by atoms with van der Waals surface area (Å²) < 4.78 is 13.6. The average Bonchev–Trinajstić information content (AvgIpc) is 2.35. The number of halogens is 2. The SMILES string of the molecule is O=C(Nc1cc(F)ccc1Br)c1cccnc1. The Hall–Kier alpha value is -1.75. The van der Waals surface area contributed by atoms with Crippen LogP contribution in [0.3, 0.4) is 0 Å². The van der Waals surface area contributed by atoms with Crippen LogP contribution in [0.4, 0.5) is 10.1 Å². The van der Waals surface area contributed by atoms with E-state index >= 15 is 0 Å². The van der Waals surface area contributed by atoms with Crippen molar-refractivity contribution in [3.05, 3.63) is 58.6 Å². The lowest BCUT2D eigenvalue weighted by Gasteiger charge is -2.07. The molecule has 0 radical (unpaired) electrons. The molecule has 0 aliphatic rings. The van der Waals surface area contributed by atoms with Crippen molar-refractivity contribution in [3.63, 3.8) is 0 Å². The van der Waals surface area contributed by atoms with Gasteiger partial charge in [0.1, 0.15) is 5.82 Å². The fourth-order valence-corrected chi connectivity index (χ4v) is 1.63. The quantitative estimate of drug-likeness (QED) is 0.924. The molecule has 0 fully saturated rings. The van der Waals surface area contributed by atoms with Gasteiger partial charge in [-0.05, 0) is 46.3 Å². The van der Waals surface area contributed by atoms with Crippen LogP contribution in [0.5, 0.6) is 0 Å². The van der Waals surface area contributed by atoms with Crippen molar-refractivity contribution in [2.24, 2.45) is 0 Å². The van der Waals surface area contributed by atoms with Crippen LogP contribution >= 0.6 is 15.9 Å². The molecule has 0 atom stereocenters. The van der Waals surface area contributed by atoms with Crippen molar-refractivity contribution in [1.82, 2.24) is 4.98 Å². The van der Waals surface area contributed by atoms with Crippen LogP contribution in [0.2, 0.25) is 0 Å². The van der Waals surface area contributed by atoms with Crippen LogP contribution in [-0.4, -0.2) is 10.9 Å². The summed E-state index contributed by atoms with van der Waals surface area (Å²) in [5, 5.41) is 2.60. The number of aromatic nitrogens is 1. The van der Waals surface area contributed by atoms with E-state index in [1.807, 2.05) is 0 Å². The van der Waals surface area contributed by atoms with Gasteiger partial charge in [-0.3, -0.25) is 9.78 Å². The maximum Gasteiger partial charge on any atom is 0.257 e. The van der Waals surface area contributed by atoms with Gasteiger partial charge in [0, 0.05) is 16.9 Å². The summed E-state index contributed by atoms with van der Waals surface area (Å²) in [6.07, 6.45) is 3.03. The molecule has 2 aromatic rings. The molecule has 3 nitrogen and oxygen atoms in total. The van der Waals surface area contributed by atoms with Gasteiger partial charge in [0.05, 0.1) is 11.3 Å². The summed E-state index contributed by atoms with van der Waals surface area (Å²) in [6.45, 7) is 0. The summed E-state index contributed by atoms with van der Waals surface area (Å²) in [7, 11) is 0. The standard InChI is InChI=1S/C12H8BrFN2O/c13-10-4-3-9(14)6-11(10)16-12(17)8-2-1-5-15-7-8/h1-7H,(H,16,17). The maximum absolute atomic E-state index is 13.0. The summed E-state index contributed by atoms with van der Waals surface area (Å²) in [5.41, 5.74) is 0.808. The number of nitrogens with one attached hydrogen (secondary N) is 1. The fourth-order valence-electron chi connectivity index (χ4n) is 1.28. The van der Waals surface area contributed by atoms with Crippen molar-refractivity contribution in [3.8, 4) is 0 Å². The van der Waals surface area contributed by atoms with Gasteiger partial charge in [-0.2, -0.15) is 0 Å². The van der Waals surface area contributed by atoms with E-state index in [4.69, 9.17) is 0 Å². The zero-order valence-electron chi connectivity index (χ0n) is 8.65. The number of benzene rings is 1. The van der Waals surface area contributed by atoms with E-state index in [2.05, 4.69) is 26.2 Å². The third kappa shape index (κ3) is 2.88. The number of rotatable bonds is 2. The normalized spacial score (nSPS) is 10.0. The largest absolute Gasteiger partial charge is 0.321 e. The van der Waals surface area contributed by atoms with Crippen molar-refractivity contribution < 1.29 is 9.18 Å². The first kappa shape index (κ1) is 11.7. The summed E-state index contributed by atoms with van der Waals surface area (Å²) in [5.74, 6) is -0.737. The van der Waals surface area contributed by atoms with Crippen LogP contribution in [0.1, 0.15) is 10.4 Å². The van der Waals surface area contributed by atoms with Gasteiger partial charge in [0.15, 0.2) is 0 Å². The first-order valence-corrected chi connectivity index (χ1v) is 5.62. The van der Waals surface area contributed by atoms with E-state index in [1.54, 1.807) is 18.3 Å². The minimum atomic E-state index is -0.408. The second-order valence-corrected chi connectivity index (χ2v) is 4.17. The summed E-state index contributed by atoms with van der Waals surface area (Å²) >= 11 is 3.23. The molecule has 0 aliphatic carbocycles. The molecule has 1 heterocycles. The van der Waals surface area contributed by atoms with Gasteiger partial charge in [-0.1, -0.05) is 0 Å². The molecule has 0 unspecified atom stereocenters. The van der Waals surface area contributed by atoms with E-state index in [0.29, 0.717) is 15.7 Å². The number of hydrogen-bond donors (Lipinski definition) is 1. The smallest absolute Gasteiger partial charge is 0.257 e. The molecular weight excluding hydrogens is 287 g/mol. The highest BCUT2D eigenvalue weighted by Gasteiger charge is 2.08. The lowest BCUT2D eigenvalue weighted by atomic mass is 10.2. The van der Waals surface area contributed by atoms with Gasteiger partial charge >= 0.3 is 0 Å². The number of pyridine rings is 1. The second kappa shape index (κ2) is 5.05. The first-order valence-electron chi connectivity index (χ1n) is 4.83. The molecule has 5 heteroatoms. The van der Waals surface area contributed by atoms with Crippen LogP contribution in [0.15, 0.2) is 47.2 Å². The van der Waals surface area contributed by atoms with Crippen molar-refractivity contribution in [2.75, 3.05) is 5.32 Å². The van der Waals surface area contributed by atoms with Crippen molar-refractivity contribution in [1.29, 1.82) is 0 Å². The Bertz CT molecular complexity index is 545. The summed E-state index contributed by atoms with van der Waals surface area (Å²) in [4.78, 5) is 15.6. The molecule has 86 valence electrons. The third-order valence-electron chi connectivity index (χ3n) is 2.10. The van der Waals surface area contributed by atoms with Crippen LogP contribution < -0.4 is 5.32 Å². The van der Waals surface area contributed by atoms with E-state index in [0.717, 1.165) is 0 Å². The van der Waals surface area contributed by atoms with Crippen molar-refractivity contribution in [2.45, 2.75) is 0 Å². The topological polar surface area (TPSA) is 42.0 Å². The molecule has 1 aromatic heterocycles. The van der Waals surface area contributed by atoms with Gasteiger partial charge in [0.25, 0.3) is 5.91 Å². The van der Waals surface area contributed by atoms with E-state index in [1.165, 1.54) is 24.4 Å². The number of nitrogens with zero attached hydrogens (tertiary/aromatic N) is 1. The van der Waals surface area contributed by atoms with Gasteiger partial charge in [0.2, 0.25) is 0 Å². The number of carbonyl (C=O) groups excluding carboxylic acids is 1. The van der Waals surface area contributed by atoms with Gasteiger partial charge < -0.3 is 5.32 Å². The number of carbonyl (C=O) groups is 1. The Morgan fingerprint density at radius 3 is 2.88 bits per heavy atom. The highest BCUT2D eigenvalue weighted by atomic mass is 79.9. The molecule has 2 rings (SSSR count). The second-order valence-electron chi connectivity index (χ2n) is 3.32. The molecular formula is C12H8BrFN2O. The molecule has 1 amide bonds. The summed E-state index contributed by atoms with van der Waals surface area (Å²) in [6, 6.07) is 7.39. The Morgan fingerprint density at radius 1 is 1.35 bits per heavy atom. The zero-order valence-corrected chi connectivity index (χ0v) is 10.2. The lowest BCUT2D eigenvalue weighted by Crippen LogP contribution is -2.12. The van der Waals surface area contributed by atoms with Gasteiger partial charge in [-0.15, -0.1) is 0 Å². The predicted molar refractivity (Wildman–Crippen MR) is 66.3 cm³/mol. The number of anilines is 1. The maximum atomic E-state index is 13.0. The highest BCUT2D eigenvalue weighted by molar-refractivity contribution is 9.10. The average molecular weight is 295 g/mol. The van der Waals surface area contributed by atoms with Crippen LogP contribution in [0.25, 0.3) is 0 Å².